The molecule has 1 N–H and O–H groups in total. The first-order valence-corrected chi connectivity index (χ1v) is 8.35. The molecule has 0 radical (unpaired) electrons. The Bertz CT molecular complexity index is 619. The van der Waals surface area contributed by atoms with Crippen LogP contribution in [0.5, 0.6) is 5.75 Å². The monoisotopic (exact) mass is 339 g/mol. The molecule has 5 heteroatoms. The van der Waals surface area contributed by atoms with Gasteiger partial charge in [-0.2, -0.15) is 0 Å². The molecule has 0 aliphatic carbocycles. The molecule has 0 spiro atoms. The molecule has 0 aliphatic rings. The van der Waals surface area contributed by atoms with Gasteiger partial charge in [0.15, 0.2) is 0 Å². The second-order valence-electron chi connectivity index (χ2n) is 4.83. The molecule has 2 aromatic rings. The molecule has 0 aromatic heterocycles. The molecule has 0 heterocycles. The summed E-state index contributed by atoms with van der Waals surface area (Å²) in [6, 6.07) is 12.9. The molecular formula is C17H19ClFNOS. The zero-order chi connectivity index (χ0) is 15.9. The van der Waals surface area contributed by atoms with Crippen molar-refractivity contribution >= 4 is 23.4 Å². The quantitative estimate of drug-likeness (QED) is 0.766. The summed E-state index contributed by atoms with van der Waals surface area (Å²) >= 11 is 7.34. The van der Waals surface area contributed by atoms with Crippen molar-refractivity contribution in [3.8, 4) is 5.75 Å². The molecule has 0 bridgehead atoms. The Morgan fingerprint density at radius 1 is 1.27 bits per heavy atom. The smallest absolute Gasteiger partial charge is 0.141 e. The first kappa shape index (κ1) is 17.1. The number of hydrogen-bond acceptors (Lipinski definition) is 3. The third-order valence-corrected chi connectivity index (χ3v) is 4.65. The van der Waals surface area contributed by atoms with Crippen molar-refractivity contribution in [1.29, 1.82) is 0 Å². The lowest BCUT2D eigenvalue weighted by atomic mass is 10.2. The van der Waals surface area contributed by atoms with Gasteiger partial charge in [0.05, 0.1) is 9.92 Å². The van der Waals surface area contributed by atoms with Crippen LogP contribution in [0.2, 0.25) is 5.02 Å². The van der Waals surface area contributed by atoms with Gasteiger partial charge in [0.25, 0.3) is 0 Å². The maximum atomic E-state index is 13.2. The van der Waals surface area contributed by atoms with E-state index < -0.39 is 5.82 Å². The van der Waals surface area contributed by atoms with Crippen molar-refractivity contribution < 1.29 is 9.13 Å². The van der Waals surface area contributed by atoms with E-state index in [9.17, 15) is 4.39 Å². The molecule has 0 aliphatic heterocycles. The van der Waals surface area contributed by atoms with Crippen molar-refractivity contribution in [1.82, 2.24) is 5.32 Å². The van der Waals surface area contributed by atoms with Gasteiger partial charge in [-0.1, -0.05) is 42.4 Å². The molecule has 0 amide bonds. The third-order valence-electron chi connectivity index (χ3n) is 3.31. The van der Waals surface area contributed by atoms with Gasteiger partial charge in [-0.05, 0) is 43.8 Å². The summed E-state index contributed by atoms with van der Waals surface area (Å²) in [5.41, 5.74) is 0. The highest BCUT2D eigenvalue weighted by molar-refractivity contribution is 7.99. The normalized spacial score (nSPS) is 12.2. The van der Waals surface area contributed by atoms with E-state index in [0.717, 1.165) is 22.0 Å². The molecule has 1 unspecified atom stereocenters. The topological polar surface area (TPSA) is 21.3 Å². The fourth-order valence-electron chi connectivity index (χ4n) is 1.92. The van der Waals surface area contributed by atoms with Crippen molar-refractivity contribution in [2.45, 2.75) is 29.2 Å². The number of hydrogen-bond donors (Lipinski definition) is 1. The Balaban J connectivity index is 2.12. The molecule has 2 rings (SSSR count). The minimum atomic E-state index is -0.407. The molecule has 0 saturated carbocycles. The predicted molar refractivity (Wildman–Crippen MR) is 90.6 cm³/mol. The van der Waals surface area contributed by atoms with Crippen LogP contribution < -0.4 is 10.1 Å². The SMILES string of the molecule is CCC(COc1ccccc1Sc1ccc(F)c(Cl)c1)NC. The Labute approximate surface area is 140 Å². The largest absolute Gasteiger partial charge is 0.491 e. The van der Waals surface area contributed by atoms with Gasteiger partial charge in [-0.15, -0.1) is 0 Å². The summed E-state index contributed by atoms with van der Waals surface area (Å²) in [5.74, 6) is 0.414. The summed E-state index contributed by atoms with van der Waals surface area (Å²) < 4.78 is 19.1. The summed E-state index contributed by atoms with van der Waals surface area (Å²) in [6.45, 7) is 2.72. The molecule has 2 aromatic carbocycles. The lowest BCUT2D eigenvalue weighted by molar-refractivity contribution is 0.262. The second-order valence-corrected chi connectivity index (χ2v) is 6.35. The molecule has 118 valence electrons. The Hall–Kier alpha value is -1.23. The van der Waals surface area contributed by atoms with Crippen molar-refractivity contribution in [3.05, 3.63) is 53.3 Å². The standard InChI is InChI=1S/C17H19ClFNOS/c1-3-12(20-2)11-21-16-6-4-5-7-17(16)22-13-8-9-15(19)14(18)10-13/h4-10,12,20H,3,11H2,1-2H3. The Kier molecular flexibility index (Phi) is 6.55. The fraction of sp³-hybridized carbons (Fsp3) is 0.294. The van der Waals surface area contributed by atoms with Crippen LogP contribution in [-0.4, -0.2) is 19.7 Å². The van der Waals surface area contributed by atoms with Gasteiger partial charge >= 0.3 is 0 Å². The van der Waals surface area contributed by atoms with E-state index in [-0.39, 0.29) is 5.02 Å². The van der Waals surface area contributed by atoms with Crippen LogP contribution in [0.15, 0.2) is 52.3 Å². The molecule has 2 nitrogen and oxygen atoms in total. The number of halogens is 2. The van der Waals surface area contributed by atoms with Crippen LogP contribution in [0.25, 0.3) is 0 Å². The maximum Gasteiger partial charge on any atom is 0.141 e. The van der Waals surface area contributed by atoms with E-state index >= 15 is 0 Å². The molecule has 0 fully saturated rings. The number of nitrogens with one attached hydrogen (secondary N) is 1. The zero-order valence-electron chi connectivity index (χ0n) is 12.6. The Morgan fingerprint density at radius 2 is 2.05 bits per heavy atom. The maximum absolute atomic E-state index is 13.2. The van der Waals surface area contributed by atoms with Gasteiger partial charge in [0.2, 0.25) is 0 Å². The summed E-state index contributed by atoms with van der Waals surface area (Å²) in [7, 11) is 1.93. The van der Waals surface area contributed by atoms with E-state index in [2.05, 4.69) is 12.2 Å². The van der Waals surface area contributed by atoms with Crippen molar-refractivity contribution in [2.24, 2.45) is 0 Å². The van der Waals surface area contributed by atoms with Crippen molar-refractivity contribution in [3.63, 3.8) is 0 Å². The van der Waals surface area contributed by atoms with E-state index in [4.69, 9.17) is 16.3 Å². The highest BCUT2D eigenvalue weighted by atomic mass is 35.5. The lowest BCUT2D eigenvalue weighted by Gasteiger charge is -2.17. The molecule has 1 atom stereocenters. The number of rotatable bonds is 7. The van der Waals surface area contributed by atoms with Crippen molar-refractivity contribution in [2.75, 3.05) is 13.7 Å². The predicted octanol–water partition coefficient (Wildman–Crippen LogP) is 5.01. The van der Waals surface area contributed by atoms with Crippen LogP contribution in [0, 0.1) is 5.82 Å². The van der Waals surface area contributed by atoms with E-state index in [0.29, 0.717) is 12.6 Å². The van der Waals surface area contributed by atoms with Crippen LogP contribution in [0.3, 0.4) is 0 Å². The van der Waals surface area contributed by atoms with E-state index in [1.807, 2.05) is 31.3 Å². The minimum Gasteiger partial charge on any atom is -0.491 e. The average Bonchev–Trinajstić information content (AvgIpc) is 2.53. The third kappa shape index (κ3) is 4.63. The first-order valence-electron chi connectivity index (χ1n) is 7.16. The van der Waals surface area contributed by atoms with Gasteiger partial charge in [-0.25, -0.2) is 4.39 Å². The second kappa shape index (κ2) is 8.42. The zero-order valence-corrected chi connectivity index (χ0v) is 14.2. The van der Waals surface area contributed by atoms with Crippen LogP contribution >= 0.6 is 23.4 Å². The van der Waals surface area contributed by atoms with Gasteiger partial charge in [0.1, 0.15) is 18.2 Å². The average molecular weight is 340 g/mol. The van der Waals surface area contributed by atoms with E-state index in [1.165, 1.54) is 17.8 Å². The van der Waals surface area contributed by atoms with Gasteiger partial charge in [0, 0.05) is 10.9 Å². The van der Waals surface area contributed by atoms with Gasteiger partial charge in [-0.3, -0.25) is 0 Å². The van der Waals surface area contributed by atoms with E-state index in [1.54, 1.807) is 12.1 Å². The highest BCUT2D eigenvalue weighted by Crippen LogP contribution is 2.36. The summed E-state index contributed by atoms with van der Waals surface area (Å²) in [4.78, 5) is 1.86. The summed E-state index contributed by atoms with van der Waals surface area (Å²) in [6.07, 6.45) is 0.999. The Morgan fingerprint density at radius 3 is 2.73 bits per heavy atom. The highest BCUT2D eigenvalue weighted by Gasteiger charge is 2.09. The molecule has 0 saturated heterocycles. The minimum absolute atomic E-state index is 0.129. The van der Waals surface area contributed by atoms with Crippen LogP contribution in [-0.2, 0) is 0 Å². The molecular weight excluding hydrogens is 321 g/mol. The number of likely N-dealkylation sites (N-methyl/N-ethyl adjacent to an activating group) is 1. The van der Waals surface area contributed by atoms with Crippen LogP contribution in [0.1, 0.15) is 13.3 Å². The molecule has 22 heavy (non-hydrogen) atoms. The number of para-hydroxylation sites is 1. The first-order chi connectivity index (χ1) is 10.6. The van der Waals surface area contributed by atoms with Crippen LogP contribution in [0.4, 0.5) is 4.39 Å². The summed E-state index contributed by atoms with van der Waals surface area (Å²) in [5, 5.41) is 3.34. The van der Waals surface area contributed by atoms with Gasteiger partial charge < -0.3 is 10.1 Å². The number of benzene rings is 2. The lowest BCUT2D eigenvalue weighted by Crippen LogP contribution is -2.30. The number of ether oxygens (including phenoxy) is 1. The fourth-order valence-corrected chi connectivity index (χ4v) is 3.10.